The first kappa shape index (κ1) is 51.2. The van der Waals surface area contributed by atoms with Gasteiger partial charge >= 0.3 is 24.7 Å². The summed E-state index contributed by atoms with van der Waals surface area (Å²) in [6.07, 6.45) is -20.4. The fraction of sp³-hybridized carbons (Fsp3) is 0.0625. The van der Waals surface area contributed by atoms with Crippen LogP contribution in [0.5, 0.6) is 0 Å². The van der Waals surface area contributed by atoms with Crippen molar-refractivity contribution in [2.45, 2.75) is 24.7 Å². The molecular weight excluding hydrogens is 1050 g/mol. The summed E-state index contributed by atoms with van der Waals surface area (Å²) in [5.74, 6) is 0. The second kappa shape index (κ2) is 18.8. The molecule has 0 aliphatic carbocycles. The monoisotopic (exact) mass is 1090 g/mol. The van der Waals surface area contributed by atoms with Gasteiger partial charge in [0.2, 0.25) is 0 Å². The minimum Gasteiger partial charge on any atom is -0.309 e. The molecule has 0 amide bonds. The van der Waals surface area contributed by atoms with Crippen molar-refractivity contribution in [2.75, 3.05) is 0 Å². The Bertz CT molecular complexity index is 4420. The lowest BCUT2D eigenvalue weighted by molar-refractivity contribution is -0.144. The summed E-state index contributed by atoms with van der Waals surface area (Å²) >= 11 is 0. The van der Waals surface area contributed by atoms with E-state index in [0.717, 1.165) is 23.3 Å². The van der Waals surface area contributed by atoms with E-state index < -0.39 is 58.1 Å². The van der Waals surface area contributed by atoms with Gasteiger partial charge in [-0.2, -0.15) is 57.9 Å². The normalized spacial score (nSPS) is 12.5. The van der Waals surface area contributed by atoms with E-state index in [2.05, 4.69) is 6.07 Å². The molecule has 394 valence electrons. The quantitative estimate of drug-likeness (QED) is 0.149. The molecule has 3 aromatic heterocycles. The van der Waals surface area contributed by atoms with Gasteiger partial charge in [-0.25, -0.2) is 4.98 Å². The maximum Gasteiger partial charge on any atom is 0.417 e. The zero-order valence-electron chi connectivity index (χ0n) is 41.0. The molecule has 0 unspecified atom stereocenters. The van der Waals surface area contributed by atoms with Crippen LogP contribution in [0, 0.1) is 11.3 Å². The summed E-state index contributed by atoms with van der Waals surface area (Å²) < 4.78 is 174. The summed E-state index contributed by atoms with van der Waals surface area (Å²) in [6, 6.07) is 54.3. The lowest BCUT2D eigenvalue weighted by atomic mass is 9.95. The van der Waals surface area contributed by atoms with Crippen molar-refractivity contribution in [1.82, 2.24) is 14.1 Å². The Balaban J connectivity index is 1.15. The zero-order valence-corrected chi connectivity index (χ0v) is 41.0. The average molecular weight is 1090 g/mol. The Hall–Kier alpha value is -9.62. The second-order valence-electron chi connectivity index (χ2n) is 19.0. The van der Waals surface area contributed by atoms with Crippen LogP contribution in [0.1, 0.15) is 27.8 Å². The highest BCUT2D eigenvalue weighted by molar-refractivity contribution is 6.13. The number of halogens is 12. The number of aromatic nitrogens is 3. The van der Waals surface area contributed by atoms with Gasteiger partial charge in [0, 0.05) is 38.2 Å². The van der Waals surface area contributed by atoms with Crippen LogP contribution in [0.2, 0.25) is 0 Å². The Kier molecular flexibility index (Phi) is 12.0. The third-order valence-corrected chi connectivity index (χ3v) is 14.3. The van der Waals surface area contributed by atoms with Crippen LogP contribution in [-0.4, -0.2) is 14.1 Å². The van der Waals surface area contributed by atoms with E-state index in [-0.39, 0.29) is 28.8 Å². The molecule has 0 saturated heterocycles. The molecule has 0 aliphatic heterocycles. The number of rotatable bonds is 7. The maximum absolute atomic E-state index is 14.7. The van der Waals surface area contributed by atoms with E-state index in [4.69, 9.17) is 4.98 Å². The van der Waals surface area contributed by atoms with E-state index in [0.29, 0.717) is 89.6 Å². The predicted octanol–water partition coefficient (Wildman–Crippen LogP) is 19.6. The van der Waals surface area contributed by atoms with E-state index in [1.54, 1.807) is 77.4 Å². The number of hydrogen-bond acceptors (Lipinski definition) is 2. The predicted molar refractivity (Wildman–Crippen MR) is 285 cm³/mol. The van der Waals surface area contributed by atoms with Crippen LogP contribution >= 0.6 is 0 Å². The third-order valence-electron chi connectivity index (χ3n) is 14.3. The van der Waals surface area contributed by atoms with Crippen LogP contribution in [0.15, 0.2) is 206 Å². The molecule has 0 fully saturated rings. The Morgan fingerprint density at radius 2 is 0.738 bits per heavy atom. The van der Waals surface area contributed by atoms with Gasteiger partial charge in [-0.1, -0.05) is 121 Å². The molecule has 16 heteroatoms. The van der Waals surface area contributed by atoms with Gasteiger partial charge < -0.3 is 9.13 Å². The Morgan fingerprint density at radius 1 is 0.325 bits per heavy atom. The number of benzene rings is 9. The fourth-order valence-electron chi connectivity index (χ4n) is 10.7. The van der Waals surface area contributed by atoms with Crippen molar-refractivity contribution in [3.8, 4) is 73.3 Å². The molecule has 0 saturated carbocycles. The first-order chi connectivity index (χ1) is 38.2. The van der Waals surface area contributed by atoms with Gasteiger partial charge in [-0.3, -0.25) is 0 Å². The minimum absolute atomic E-state index is 0.00801. The van der Waals surface area contributed by atoms with Gasteiger partial charge in [0.05, 0.1) is 72.6 Å². The molecule has 0 radical (unpaired) electrons. The molecule has 3 heterocycles. The minimum atomic E-state index is -5.16. The summed E-state index contributed by atoms with van der Waals surface area (Å²) in [5.41, 5.74) is -0.306. The second-order valence-corrected chi connectivity index (χ2v) is 19.0. The SMILES string of the molecule is N#Cc1cc(-n2c3ccccc3c3cc(-c4ccc(C(F)(F)F)cc4C(F)(F)F)ccc32)c(-c2cc(-c3ccccc3)nc(-c3ccccc3)c2)cc1-n1c2ccccc2c2cc(-c3ccc(C(F)(F)F)cc3C(F)(F)F)ccc21. The zero-order chi connectivity index (χ0) is 56.0. The number of para-hydroxylation sites is 2. The largest absolute Gasteiger partial charge is 0.417 e. The maximum atomic E-state index is 14.7. The van der Waals surface area contributed by atoms with Crippen LogP contribution < -0.4 is 0 Å². The number of fused-ring (bicyclic) bond motifs is 6. The van der Waals surface area contributed by atoms with Crippen LogP contribution in [-0.2, 0) is 24.7 Å². The molecule has 9 aromatic carbocycles. The van der Waals surface area contributed by atoms with Gasteiger partial charge in [-0.15, -0.1) is 0 Å². The highest BCUT2D eigenvalue weighted by Gasteiger charge is 2.40. The van der Waals surface area contributed by atoms with Crippen molar-refractivity contribution in [3.63, 3.8) is 0 Å². The van der Waals surface area contributed by atoms with Gasteiger partial charge in [-0.05, 0) is 113 Å². The molecule has 0 spiro atoms. The van der Waals surface area contributed by atoms with Crippen molar-refractivity contribution in [3.05, 3.63) is 234 Å². The lowest BCUT2D eigenvalue weighted by Crippen LogP contribution is -2.12. The fourth-order valence-corrected chi connectivity index (χ4v) is 10.7. The molecule has 0 atom stereocenters. The van der Waals surface area contributed by atoms with Gasteiger partial charge in [0.25, 0.3) is 0 Å². The highest BCUT2D eigenvalue weighted by atomic mass is 19.4. The van der Waals surface area contributed by atoms with E-state index >= 15 is 0 Å². The molecule has 12 rings (SSSR count). The number of nitriles is 1. The highest BCUT2D eigenvalue weighted by Crippen LogP contribution is 2.47. The van der Waals surface area contributed by atoms with Gasteiger partial charge in [0.15, 0.2) is 0 Å². The molecule has 12 aromatic rings. The standard InChI is InChI=1S/C64H34F12N4/c65-61(66,67)42-21-23-44(51(32-42)63(71,72)73)38-19-25-57-49(27-38)46-15-7-9-17-55(46)79(57)59-34-48(40-29-53(36-11-3-1-4-12-36)78-54(30-40)37-13-5-2-6-14-37)60(31-41(59)35-77)80-56-18-10-8-16-47(56)50-28-39(20-26-58(50)80)45-24-22-43(62(68,69)70)33-52(45)64(74,75)76/h1-34H. The molecule has 4 nitrogen and oxygen atoms in total. The van der Waals surface area contributed by atoms with Crippen molar-refractivity contribution >= 4 is 43.6 Å². The molecular formula is C64H34F12N4. The molecule has 0 N–H and O–H groups in total. The number of pyridine rings is 1. The first-order valence-corrected chi connectivity index (χ1v) is 24.5. The summed E-state index contributed by atoms with van der Waals surface area (Å²) in [5, 5.41) is 13.3. The Labute approximate surface area is 446 Å². The molecule has 0 aliphatic rings. The van der Waals surface area contributed by atoms with E-state index in [1.807, 2.05) is 77.4 Å². The Morgan fingerprint density at radius 3 is 1.16 bits per heavy atom. The summed E-state index contributed by atoms with van der Waals surface area (Å²) in [7, 11) is 0. The summed E-state index contributed by atoms with van der Waals surface area (Å²) in [6.45, 7) is 0. The first-order valence-electron chi connectivity index (χ1n) is 24.5. The smallest absolute Gasteiger partial charge is 0.309 e. The number of nitrogens with zero attached hydrogens (tertiary/aromatic N) is 4. The average Bonchev–Trinajstić information content (AvgIpc) is 4.00. The van der Waals surface area contributed by atoms with Crippen molar-refractivity contribution in [1.29, 1.82) is 5.26 Å². The topological polar surface area (TPSA) is 46.5 Å². The number of alkyl halides is 12. The molecule has 0 bridgehead atoms. The lowest BCUT2D eigenvalue weighted by Gasteiger charge is -2.20. The van der Waals surface area contributed by atoms with E-state index in [9.17, 15) is 57.9 Å². The number of hydrogen-bond donors (Lipinski definition) is 0. The molecule has 80 heavy (non-hydrogen) atoms. The van der Waals surface area contributed by atoms with Crippen LogP contribution in [0.25, 0.3) is 111 Å². The van der Waals surface area contributed by atoms with Crippen molar-refractivity contribution in [2.24, 2.45) is 0 Å². The third kappa shape index (κ3) is 8.94. The van der Waals surface area contributed by atoms with Crippen LogP contribution in [0.3, 0.4) is 0 Å². The van der Waals surface area contributed by atoms with Crippen molar-refractivity contribution < 1.29 is 52.7 Å². The van der Waals surface area contributed by atoms with E-state index in [1.165, 1.54) is 24.3 Å². The van der Waals surface area contributed by atoms with Crippen LogP contribution in [0.4, 0.5) is 52.7 Å². The summed E-state index contributed by atoms with van der Waals surface area (Å²) in [4.78, 5) is 5.10. The van der Waals surface area contributed by atoms with Gasteiger partial charge in [0.1, 0.15) is 6.07 Å².